The predicted octanol–water partition coefficient (Wildman–Crippen LogP) is 2.96. The summed E-state index contributed by atoms with van der Waals surface area (Å²) >= 11 is 1.29. The molecule has 6 nitrogen and oxygen atoms in total. The lowest BCUT2D eigenvalue weighted by Gasteiger charge is -2.13. The van der Waals surface area contributed by atoms with Gasteiger partial charge in [0.1, 0.15) is 11.0 Å². The molecule has 0 aliphatic carbocycles. The van der Waals surface area contributed by atoms with Crippen LogP contribution in [-0.2, 0) is 9.59 Å². The normalized spacial score (nSPS) is 18.9. The van der Waals surface area contributed by atoms with E-state index in [2.05, 4.69) is 15.0 Å². The highest BCUT2D eigenvalue weighted by atomic mass is 32.2. The third-order valence-electron chi connectivity index (χ3n) is 3.36. The maximum atomic E-state index is 12.3. The molecule has 9 heteroatoms. The molecule has 1 heterocycles. The number of anilines is 1. The number of halogens is 2. The molecule has 1 aromatic carbocycles. The van der Waals surface area contributed by atoms with Gasteiger partial charge < -0.3 is 10.1 Å². The van der Waals surface area contributed by atoms with Crippen molar-refractivity contribution in [1.29, 1.82) is 0 Å². The topological polar surface area (TPSA) is 71.0 Å². The van der Waals surface area contributed by atoms with E-state index in [4.69, 9.17) is 0 Å². The van der Waals surface area contributed by atoms with Crippen LogP contribution in [0.4, 0.5) is 14.5 Å². The van der Waals surface area contributed by atoms with Crippen molar-refractivity contribution in [2.24, 2.45) is 4.99 Å². The van der Waals surface area contributed by atoms with Crippen molar-refractivity contribution >= 4 is 34.4 Å². The van der Waals surface area contributed by atoms with Crippen molar-refractivity contribution in [2.75, 3.05) is 18.4 Å². The zero-order chi connectivity index (χ0) is 18.4. The van der Waals surface area contributed by atoms with Gasteiger partial charge in [-0.1, -0.05) is 11.8 Å². The fraction of sp³-hybridized carbons (Fsp3) is 0.438. The number of alkyl halides is 2. The smallest absolute Gasteiger partial charge is 0.387 e. The Morgan fingerprint density at radius 2 is 2.04 bits per heavy atom. The summed E-state index contributed by atoms with van der Waals surface area (Å²) in [7, 11) is 0. The minimum Gasteiger partial charge on any atom is -0.435 e. The van der Waals surface area contributed by atoms with Crippen LogP contribution in [0, 0.1) is 0 Å². The molecule has 1 aromatic rings. The van der Waals surface area contributed by atoms with Crippen LogP contribution in [0.2, 0.25) is 0 Å². The number of carbonyl (C=O) groups is 2. The number of hydrogen-bond acceptors (Lipinski definition) is 5. The van der Waals surface area contributed by atoms with Crippen LogP contribution in [-0.4, -0.2) is 46.8 Å². The van der Waals surface area contributed by atoms with Crippen molar-refractivity contribution in [3.8, 4) is 5.75 Å². The van der Waals surface area contributed by atoms with Crippen molar-refractivity contribution in [3.05, 3.63) is 24.3 Å². The lowest BCUT2D eigenvalue weighted by atomic mass is 10.2. The van der Waals surface area contributed by atoms with E-state index in [0.717, 1.165) is 0 Å². The molecule has 1 N–H and O–H groups in total. The van der Waals surface area contributed by atoms with Gasteiger partial charge in [-0.3, -0.25) is 19.5 Å². The molecular formula is C16H19F2N3O3S. The summed E-state index contributed by atoms with van der Waals surface area (Å²) in [6, 6.07) is 5.59. The van der Waals surface area contributed by atoms with Crippen LogP contribution in [0.5, 0.6) is 5.75 Å². The average molecular weight is 371 g/mol. The summed E-state index contributed by atoms with van der Waals surface area (Å²) in [4.78, 5) is 30.3. The van der Waals surface area contributed by atoms with E-state index in [1.165, 1.54) is 36.0 Å². The number of amidine groups is 1. The highest BCUT2D eigenvalue weighted by molar-refractivity contribution is 8.15. The van der Waals surface area contributed by atoms with Gasteiger partial charge >= 0.3 is 6.61 Å². The summed E-state index contributed by atoms with van der Waals surface area (Å²) in [5.74, 6) is -0.453. The predicted molar refractivity (Wildman–Crippen MR) is 93.1 cm³/mol. The standard InChI is InChI=1S/C16H19F2N3O3S/c1-3-19-16-21(4-2)14(23)12(25-16)9-13(22)20-10-5-7-11(8-6-10)24-15(17)18/h5-8,12,15H,3-4,9H2,1-2H3,(H,20,22)/t12-/m0/s1. The van der Waals surface area contributed by atoms with Crippen LogP contribution in [0.15, 0.2) is 29.3 Å². The average Bonchev–Trinajstić information content (AvgIpc) is 2.84. The summed E-state index contributed by atoms with van der Waals surface area (Å²) in [6.45, 7) is 1.92. The Hall–Kier alpha value is -2.16. The van der Waals surface area contributed by atoms with Gasteiger partial charge in [-0.15, -0.1) is 0 Å². The van der Waals surface area contributed by atoms with Crippen molar-refractivity contribution in [1.82, 2.24) is 4.90 Å². The Labute approximate surface area is 148 Å². The Morgan fingerprint density at radius 1 is 1.36 bits per heavy atom. The van der Waals surface area contributed by atoms with Crippen LogP contribution in [0.3, 0.4) is 0 Å². The zero-order valence-electron chi connectivity index (χ0n) is 13.9. The van der Waals surface area contributed by atoms with E-state index in [9.17, 15) is 18.4 Å². The number of aliphatic imine (C=N–C) groups is 1. The SMILES string of the molecule is CCN=C1S[C@@H](CC(=O)Nc2ccc(OC(F)F)cc2)C(=O)N1CC. The van der Waals surface area contributed by atoms with Crippen molar-refractivity contribution in [3.63, 3.8) is 0 Å². The molecule has 1 aliphatic heterocycles. The molecule has 1 fully saturated rings. The molecule has 0 aromatic heterocycles. The number of amides is 2. The largest absolute Gasteiger partial charge is 0.435 e. The van der Waals surface area contributed by atoms with E-state index >= 15 is 0 Å². The number of benzene rings is 1. The summed E-state index contributed by atoms with van der Waals surface area (Å²) in [6.07, 6.45) is 0.0119. The minimum absolute atomic E-state index is 0.00790. The molecule has 0 saturated carbocycles. The lowest BCUT2D eigenvalue weighted by Crippen LogP contribution is -2.33. The van der Waals surface area contributed by atoms with Gasteiger partial charge in [0.05, 0.1) is 0 Å². The number of hydrogen-bond donors (Lipinski definition) is 1. The summed E-state index contributed by atoms with van der Waals surface area (Å²) in [5.41, 5.74) is 0.442. The number of nitrogens with one attached hydrogen (secondary N) is 1. The number of rotatable bonds is 7. The van der Waals surface area contributed by atoms with E-state index in [-0.39, 0.29) is 24.0 Å². The highest BCUT2D eigenvalue weighted by Crippen LogP contribution is 2.29. The zero-order valence-corrected chi connectivity index (χ0v) is 14.7. The molecular weight excluding hydrogens is 352 g/mol. The Bertz CT molecular complexity index is 653. The fourth-order valence-corrected chi connectivity index (χ4v) is 3.55. The molecule has 1 atom stereocenters. The second kappa shape index (κ2) is 8.80. The van der Waals surface area contributed by atoms with E-state index < -0.39 is 11.9 Å². The molecule has 2 rings (SSSR count). The summed E-state index contributed by atoms with van der Waals surface area (Å²) in [5, 5.41) is 2.78. The van der Waals surface area contributed by atoms with Gasteiger partial charge in [-0.25, -0.2) is 0 Å². The van der Waals surface area contributed by atoms with Crippen LogP contribution in [0.25, 0.3) is 0 Å². The third-order valence-corrected chi connectivity index (χ3v) is 4.58. The monoisotopic (exact) mass is 371 g/mol. The lowest BCUT2D eigenvalue weighted by molar-refractivity contribution is -0.128. The first-order chi connectivity index (χ1) is 11.9. The van der Waals surface area contributed by atoms with Crippen LogP contribution < -0.4 is 10.1 Å². The van der Waals surface area contributed by atoms with Crippen LogP contribution in [0.1, 0.15) is 20.3 Å². The quantitative estimate of drug-likeness (QED) is 0.800. The van der Waals surface area contributed by atoms with Crippen molar-refractivity contribution < 1.29 is 23.1 Å². The fourth-order valence-electron chi connectivity index (χ4n) is 2.29. The van der Waals surface area contributed by atoms with Gasteiger partial charge in [0, 0.05) is 25.2 Å². The first kappa shape index (κ1) is 19.2. The highest BCUT2D eigenvalue weighted by Gasteiger charge is 2.38. The molecule has 1 aliphatic rings. The van der Waals surface area contributed by atoms with Gasteiger partial charge in [0.25, 0.3) is 0 Å². The van der Waals surface area contributed by atoms with Gasteiger partial charge in [0.2, 0.25) is 11.8 Å². The molecule has 0 spiro atoms. The number of nitrogens with zero attached hydrogens (tertiary/aromatic N) is 2. The molecule has 0 unspecified atom stereocenters. The molecule has 1 saturated heterocycles. The second-order valence-corrected chi connectivity index (χ2v) is 6.27. The molecule has 2 amide bonds. The number of thioether (sulfide) groups is 1. The van der Waals surface area contributed by atoms with Crippen molar-refractivity contribution in [2.45, 2.75) is 32.1 Å². The minimum atomic E-state index is -2.90. The Kier molecular flexibility index (Phi) is 6.74. The van der Waals surface area contributed by atoms with Crippen LogP contribution >= 0.6 is 11.8 Å². The molecule has 0 radical (unpaired) electrons. The second-order valence-electron chi connectivity index (χ2n) is 5.10. The molecule has 25 heavy (non-hydrogen) atoms. The third kappa shape index (κ3) is 5.15. The van der Waals surface area contributed by atoms with Gasteiger partial charge in [-0.2, -0.15) is 8.78 Å². The molecule has 136 valence electrons. The first-order valence-electron chi connectivity index (χ1n) is 7.81. The Morgan fingerprint density at radius 3 is 2.60 bits per heavy atom. The van der Waals surface area contributed by atoms with E-state index in [1.807, 2.05) is 13.8 Å². The number of carbonyl (C=O) groups excluding carboxylic acids is 2. The van der Waals surface area contributed by atoms with E-state index in [1.54, 1.807) is 4.90 Å². The number of ether oxygens (including phenoxy) is 1. The maximum absolute atomic E-state index is 12.3. The van der Waals surface area contributed by atoms with E-state index in [0.29, 0.717) is 23.9 Å². The first-order valence-corrected chi connectivity index (χ1v) is 8.69. The molecule has 0 bridgehead atoms. The van der Waals surface area contributed by atoms with Gasteiger partial charge in [0.15, 0.2) is 5.17 Å². The summed E-state index contributed by atoms with van der Waals surface area (Å²) < 4.78 is 28.4. The Balaban J connectivity index is 1.94. The maximum Gasteiger partial charge on any atom is 0.387 e. The van der Waals surface area contributed by atoms with Gasteiger partial charge in [-0.05, 0) is 38.1 Å².